The predicted molar refractivity (Wildman–Crippen MR) is 95.6 cm³/mol. The summed E-state index contributed by atoms with van der Waals surface area (Å²) in [5.41, 5.74) is 1.70. The van der Waals surface area contributed by atoms with Crippen LogP contribution >= 0.6 is 0 Å². The molecule has 130 valence electrons. The van der Waals surface area contributed by atoms with Crippen molar-refractivity contribution in [1.82, 2.24) is 15.1 Å². The first-order valence-corrected chi connectivity index (χ1v) is 9.50. The van der Waals surface area contributed by atoms with Gasteiger partial charge in [0, 0.05) is 25.6 Å². The van der Waals surface area contributed by atoms with Gasteiger partial charge in [0.15, 0.2) is 0 Å². The number of carbonyl (C=O) groups is 1. The van der Waals surface area contributed by atoms with Crippen molar-refractivity contribution in [3.8, 4) is 0 Å². The summed E-state index contributed by atoms with van der Waals surface area (Å²) in [6, 6.07) is 11.6. The number of carbonyl (C=O) groups excluding carboxylic acids is 1. The summed E-state index contributed by atoms with van der Waals surface area (Å²) in [6.07, 6.45) is 5.72. The number of hydrogen-bond donors (Lipinski definition) is 1. The fourth-order valence-corrected chi connectivity index (χ4v) is 4.75. The SMILES string of the molecule is O=C1CC2(CCN(C3CCN(Cc4ccccc4)CC3)CC2)CN1. The minimum absolute atomic E-state index is 0.262. The lowest BCUT2D eigenvalue weighted by atomic mass is 9.77. The van der Waals surface area contributed by atoms with E-state index in [-0.39, 0.29) is 11.3 Å². The number of amides is 1. The lowest BCUT2D eigenvalue weighted by Gasteiger charge is -2.44. The van der Waals surface area contributed by atoms with E-state index in [4.69, 9.17) is 0 Å². The third-order valence-corrected chi connectivity index (χ3v) is 6.38. The van der Waals surface area contributed by atoms with Gasteiger partial charge in [0.05, 0.1) is 0 Å². The van der Waals surface area contributed by atoms with E-state index < -0.39 is 0 Å². The van der Waals surface area contributed by atoms with Gasteiger partial charge in [0.25, 0.3) is 0 Å². The number of piperidine rings is 2. The first-order chi connectivity index (χ1) is 11.7. The maximum Gasteiger partial charge on any atom is 0.220 e. The fraction of sp³-hybridized carbons (Fsp3) is 0.650. The monoisotopic (exact) mass is 327 g/mol. The lowest BCUT2D eigenvalue weighted by molar-refractivity contribution is -0.119. The van der Waals surface area contributed by atoms with Crippen LogP contribution in [0.1, 0.15) is 37.7 Å². The first-order valence-electron chi connectivity index (χ1n) is 9.50. The second-order valence-corrected chi connectivity index (χ2v) is 7.98. The molecule has 1 amide bonds. The highest BCUT2D eigenvalue weighted by atomic mass is 16.1. The van der Waals surface area contributed by atoms with Crippen molar-refractivity contribution in [2.45, 2.75) is 44.7 Å². The van der Waals surface area contributed by atoms with Crippen LogP contribution in [0.2, 0.25) is 0 Å². The van der Waals surface area contributed by atoms with E-state index in [1.807, 2.05) is 0 Å². The smallest absolute Gasteiger partial charge is 0.220 e. The molecule has 3 aliphatic heterocycles. The largest absolute Gasteiger partial charge is 0.356 e. The molecule has 0 bridgehead atoms. The van der Waals surface area contributed by atoms with E-state index in [9.17, 15) is 4.79 Å². The van der Waals surface area contributed by atoms with Crippen LogP contribution in [0.4, 0.5) is 0 Å². The maximum atomic E-state index is 11.6. The molecule has 1 aromatic carbocycles. The lowest BCUT2D eigenvalue weighted by Crippen LogP contribution is -2.49. The molecule has 0 radical (unpaired) electrons. The van der Waals surface area contributed by atoms with Crippen LogP contribution in [0.15, 0.2) is 30.3 Å². The number of nitrogens with one attached hydrogen (secondary N) is 1. The molecule has 1 aromatic rings. The zero-order valence-corrected chi connectivity index (χ0v) is 14.5. The first kappa shape index (κ1) is 16.1. The summed E-state index contributed by atoms with van der Waals surface area (Å²) in [4.78, 5) is 16.9. The molecule has 0 unspecified atom stereocenters. The molecule has 0 atom stereocenters. The molecule has 1 N–H and O–H groups in total. The average Bonchev–Trinajstić information content (AvgIpc) is 2.98. The molecular formula is C20H29N3O. The zero-order valence-electron chi connectivity index (χ0n) is 14.5. The van der Waals surface area contributed by atoms with Crippen molar-refractivity contribution in [2.24, 2.45) is 5.41 Å². The number of benzene rings is 1. The van der Waals surface area contributed by atoms with E-state index in [0.29, 0.717) is 0 Å². The Kier molecular flexibility index (Phi) is 4.59. The second kappa shape index (κ2) is 6.85. The van der Waals surface area contributed by atoms with Crippen LogP contribution in [0, 0.1) is 5.41 Å². The molecule has 1 spiro atoms. The standard InChI is InChI=1S/C20H29N3O/c24-19-14-20(16-21-19)8-12-23(13-9-20)18-6-10-22(11-7-18)15-17-4-2-1-3-5-17/h1-5,18H,6-16H2,(H,21,24). The fourth-order valence-electron chi connectivity index (χ4n) is 4.75. The molecule has 0 saturated carbocycles. The summed E-state index contributed by atoms with van der Waals surface area (Å²) in [6.45, 7) is 6.78. The molecule has 0 aliphatic carbocycles. The Hall–Kier alpha value is -1.39. The predicted octanol–water partition coefficient (Wildman–Crippen LogP) is 2.25. The summed E-state index contributed by atoms with van der Waals surface area (Å²) in [7, 11) is 0. The molecule has 3 aliphatic rings. The Morgan fingerprint density at radius 2 is 1.75 bits per heavy atom. The Morgan fingerprint density at radius 3 is 2.38 bits per heavy atom. The Bertz CT molecular complexity index is 558. The highest BCUT2D eigenvalue weighted by Gasteiger charge is 2.42. The van der Waals surface area contributed by atoms with Gasteiger partial charge in [-0.2, -0.15) is 0 Å². The van der Waals surface area contributed by atoms with Crippen LogP contribution in [0.3, 0.4) is 0 Å². The molecule has 24 heavy (non-hydrogen) atoms. The zero-order chi connectivity index (χ0) is 16.4. The topological polar surface area (TPSA) is 35.6 Å². The summed E-state index contributed by atoms with van der Waals surface area (Å²) in [5, 5.41) is 3.04. The minimum Gasteiger partial charge on any atom is -0.356 e. The van der Waals surface area contributed by atoms with E-state index in [1.54, 1.807) is 0 Å². The van der Waals surface area contributed by atoms with E-state index in [0.717, 1.165) is 25.6 Å². The van der Waals surface area contributed by atoms with Crippen molar-refractivity contribution in [2.75, 3.05) is 32.7 Å². The summed E-state index contributed by atoms with van der Waals surface area (Å²) in [5.74, 6) is 0.262. The third kappa shape index (κ3) is 3.50. The van der Waals surface area contributed by atoms with Gasteiger partial charge < -0.3 is 10.2 Å². The van der Waals surface area contributed by atoms with Crippen molar-refractivity contribution in [3.63, 3.8) is 0 Å². The Balaban J connectivity index is 1.24. The molecule has 3 fully saturated rings. The van der Waals surface area contributed by atoms with Crippen molar-refractivity contribution in [3.05, 3.63) is 35.9 Å². The van der Waals surface area contributed by atoms with Gasteiger partial charge >= 0.3 is 0 Å². The normalized spacial score (nSPS) is 25.9. The van der Waals surface area contributed by atoms with Crippen LogP contribution < -0.4 is 5.32 Å². The van der Waals surface area contributed by atoms with Crippen LogP contribution in [0.5, 0.6) is 0 Å². The quantitative estimate of drug-likeness (QED) is 0.925. The van der Waals surface area contributed by atoms with Gasteiger partial charge in [-0.15, -0.1) is 0 Å². The molecule has 4 nitrogen and oxygen atoms in total. The molecule has 4 heteroatoms. The second-order valence-electron chi connectivity index (χ2n) is 7.98. The maximum absolute atomic E-state index is 11.6. The van der Waals surface area contributed by atoms with E-state index >= 15 is 0 Å². The molecule has 3 heterocycles. The van der Waals surface area contributed by atoms with Crippen LogP contribution in [0.25, 0.3) is 0 Å². The third-order valence-electron chi connectivity index (χ3n) is 6.38. The highest BCUT2D eigenvalue weighted by Crippen LogP contribution is 2.38. The van der Waals surface area contributed by atoms with Gasteiger partial charge in [-0.3, -0.25) is 9.69 Å². The minimum atomic E-state index is 0.262. The van der Waals surface area contributed by atoms with E-state index in [2.05, 4.69) is 45.4 Å². The summed E-state index contributed by atoms with van der Waals surface area (Å²) < 4.78 is 0. The number of rotatable bonds is 3. The Morgan fingerprint density at radius 1 is 1.04 bits per heavy atom. The Labute approximate surface area is 145 Å². The van der Waals surface area contributed by atoms with E-state index in [1.165, 1.54) is 57.4 Å². The molecular weight excluding hydrogens is 298 g/mol. The number of nitrogens with zero attached hydrogens (tertiary/aromatic N) is 2. The van der Waals surface area contributed by atoms with Crippen molar-refractivity contribution >= 4 is 5.91 Å². The molecule has 0 aromatic heterocycles. The van der Waals surface area contributed by atoms with Gasteiger partial charge in [0.2, 0.25) is 5.91 Å². The van der Waals surface area contributed by atoms with Crippen molar-refractivity contribution in [1.29, 1.82) is 0 Å². The average molecular weight is 327 g/mol. The van der Waals surface area contributed by atoms with Gasteiger partial charge in [0.1, 0.15) is 0 Å². The molecule has 3 saturated heterocycles. The number of likely N-dealkylation sites (tertiary alicyclic amines) is 2. The summed E-state index contributed by atoms with van der Waals surface area (Å²) >= 11 is 0. The van der Waals surface area contributed by atoms with Crippen LogP contribution in [-0.2, 0) is 11.3 Å². The highest BCUT2D eigenvalue weighted by molar-refractivity contribution is 5.79. The van der Waals surface area contributed by atoms with Crippen LogP contribution in [-0.4, -0.2) is 54.5 Å². The van der Waals surface area contributed by atoms with Crippen molar-refractivity contribution < 1.29 is 4.79 Å². The number of hydrogen-bond acceptors (Lipinski definition) is 3. The van der Waals surface area contributed by atoms with Gasteiger partial charge in [-0.05, 0) is 62.8 Å². The van der Waals surface area contributed by atoms with Gasteiger partial charge in [-0.1, -0.05) is 30.3 Å². The molecule has 4 rings (SSSR count). The van der Waals surface area contributed by atoms with Gasteiger partial charge in [-0.25, -0.2) is 0 Å².